The highest BCUT2D eigenvalue weighted by molar-refractivity contribution is 5.99. The maximum Gasteiger partial charge on any atom is 0.179 e. The molecule has 1 aromatic rings. The van der Waals surface area contributed by atoms with Gasteiger partial charge in [-0.3, -0.25) is 9.69 Å². The average molecular weight is 256 g/mol. The Hall–Kier alpha value is -1.66. The highest BCUT2D eigenvalue weighted by atomic mass is 16.1. The number of carbonyl (C=O) groups is 1. The second kappa shape index (κ2) is 5.99. The molecule has 0 N–H and O–H groups in total. The largest absolute Gasteiger partial charge is 0.292 e. The molecular formula is C16H20N2O. The number of ketones is 1. The lowest BCUT2D eigenvalue weighted by Crippen LogP contribution is -2.41. The molecule has 3 nitrogen and oxygen atoms in total. The van der Waals surface area contributed by atoms with E-state index in [1.165, 1.54) is 0 Å². The van der Waals surface area contributed by atoms with Crippen LogP contribution in [0.5, 0.6) is 0 Å². The minimum atomic E-state index is -0.136. The third-order valence-electron chi connectivity index (χ3n) is 3.71. The quantitative estimate of drug-likeness (QED) is 0.735. The first kappa shape index (κ1) is 13.8. The molecule has 1 aliphatic rings. The smallest absolute Gasteiger partial charge is 0.179 e. The fraction of sp³-hybridized carbons (Fsp3) is 0.500. The van der Waals surface area contributed by atoms with Crippen LogP contribution in [0, 0.1) is 18.3 Å². The van der Waals surface area contributed by atoms with Crippen LogP contribution in [-0.2, 0) is 0 Å². The zero-order valence-electron chi connectivity index (χ0n) is 11.6. The van der Waals surface area contributed by atoms with E-state index < -0.39 is 0 Å². The molecule has 1 aromatic carbocycles. The van der Waals surface area contributed by atoms with Gasteiger partial charge in [-0.25, -0.2) is 0 Å². The van der Waals surface area contributed by atoms with Crippen molar-refractivity contribution in [3.05, 3.63) is 35.4 Å². The molecule has 0 heterocycles. The van der Waals surface area contributed by atoms with E-state index in [0.717, 1.165) is 24.0 Å². The van der Waals surface area contributed by atoms with Crippen LogP contribution in [0.1, 0.15) is 42.1 Å². The summed E-state index contributed by atoms with van der Waals surface area (Å²) in [6, 6.07) is 10.3. The summed E-state index contributed by atoms with van der Waals surface area (Å²) in [6.45, 7) is 4.67. The first-order valence-corrected chi connectivity index (χ1v) is 6.87. The van der Waals surface area contributed by atoms with Crippen molar-refractivity contribution in [3.8, 4) is 6.07 Å². The van der Waals surface area contributed by atoms with Crippen molar-refractivity contribution < 1.29 is 4.79 Å². The Bertz CT molecular complexity index is 482. The molecule has 1 atom stereocenters. The van der Waals surface area contributed by atoms with Crippen LogP contribution in [0.4, 0.5) is 0 Å². The number of aryl methyl sites for hydroxylation is 1. The van der Waals surface area contributed by atoms with Gasteiger partial charge in [0.25, 0.3) is 0 Å². The number of nitrogens with zero attached hydrogens (tertiary/aromatic N) is 2. The molecule has 0 saturated heterocycles. The number of hydrogen-bond acceptors (Lipinski definition) is 3. The number of Topliss-reactive ketones (excluding diaryl/α,β-unsaturated/α-hetero) is 1. The lowest BCUT2D eigenvalue weighted by Gasteiger charge is -2.27. The summed E-state index contributed by atoms with van der Waals surface area (Å²) in [5.74, 6) is 0.157. The number of nitriles is 1. The first-order chi connectivity index (χ1) is 9.13. The van der Waals surface area contributed by atoms with Crippen molar-refractivity contribution >= 4 is 5.78 Å². The van der Waals surface area contributed by atoms with Crippen molar-refractivity contribution in [1.82, 2.24) is 4.90 Å². The number of rotatable bonds is 6. The minimum absolute atomic E-state index is 0.136. The molecule has 2 rings (SSSR count). The molecule has 0 spiro atoms. The molecule has 0 bridgehead atoms. The number of carbonyl (C=O) groups excluding carboxylic acids is 1. The molecule has 1 saturated carbocycles. The highest BCUT2D eigenvalue weighted by Gasteiger charge is 2.34. The lowest BCUT2D eigenvalue weighted by molar-refractivity contribution is 0.0829. The van der Waals surface area contributed by atoms with Gasteiger partial charge >= 0.3 is 0 Å². The van der Waals surface area contributed by atoms with Crippen LogP contribution in [0.2, 0.25) is 0 Å². The fourth-order valence-electron chi connectivity index (χ4n) is 2.39. The molecule has 0 amide bonds. The van der Waals surface area contributed by atoms with Crippen molar-refractivity contribution in [3.63, 3.8) is 0 Å². The van der Waals surface area contributed by atoms with E-state index in [0.29, 0.717) is 19.0 Å². The topological polar surface area (TPSA) is 44.1 Å². The summed E-state index contributed by atoms with van der Waals surface area (Å²) in [4.78, 5) is 14.7. The second-order valence-electron chi connectivity index (χ2n) is 5.28. The lowest BCUT2D eigenvalue weighted by atomic mass is 10.0. The van der Waals surface area contributed by atoms with Crippen molar-refractivity contribution in [2.45, 2.75) is 45.2 Å². The van der Waals surface area contributed by atoms with Crippen molar-refractivity contribution in [2.75, 3.05) is 6.54 Å². The highest BCUT2D eigenvalue weighted by Crippen LogP contribution is 2.29. The first-order valence-electron chi connectivity index (χ1n) is 6.87. The van der Waals surface area contributed by atoms with Crippen LogP contribution in [0.3, 0.4) is 0 Å². The van der Waals surface area contributed by atoms with Gasteiger partial charge in [-0.1, -0.05) is 29.8 Å². The van der Waals surface area contributed by atoms with Crippen LogP contribution < -0.4 is 0 Å². The van der Waals surface area contributed by atoms with E-state index >= 15 is 0 Å². The summed E-state index contributed by atoms with van der Waals surface area (Å²) in [5.41, 5.74) is 1.92. The van der Waals surface area contributed by atoms with Crippen LogP contribution in [0.15, 0.2) is 24.3 Å². The van der Waals surface area contributed by atoms with Crippen LogP contribution in [-0.4, -0.2) is 29.3 Å². The molecule has 19 heavy (non-hydrogen) atoms. The molecule has 1 unspecified atom stereocenters. The maximum absolute atomic E-state index is 12.5. The van der Waals surface area contributed by atoms with Gasteiger partial charge in [0, 0.05) is 24.6 Å². The fourth-order valence-corrected chi connectivity index (χ4v) is 2.39. The van der Waals surface area contributed by atoms with E-state index in [4.69, 9.17) is 5.26 Å². The second-order valence-corrected chi connectivity index (χ2v) is 5.28. The minimum Gasteiger partial charge on any atom is -0.292 e. The van der Waals surface area contributed by atoms with E-state index in [9.17, 15) is 4.79 Å². The molecule has 0 radical (unpaired) electrons. The summed E-state index contributed by atoms with van der Waals surface area (Å²) >= 11 is 0. The molecule has 0 aromatic heterocycles. The Morgan fingerprint density at radius 1 is 1.42 bits per heavy atom. The zero-order valence-corrected chi connectivity index (χ0v) is 11.6. The standard InChI is InChI=1S/C16H20N2O/c1-12-4-6-14(7-5-12)16(19)13(2)18(11-3-10-17)15-8-9-15/h4-7,13,15H,3,8-9,11H2,1-2H3. The molecule has 1 aliphatic carbocycles. The molecule has 3 heteroatoms. The average Bonchev–Trinajstić information content (AvgIpc) is 3.23. The Balaban J connectivity index is 2.08. The van der Waals surface area contributed by atoms with E-state index in [2.05, 4.69) is 11.0 Å². The Labute approximate surface area is 114 Å². The Morgan fingerprint density at radius 2 is 2.05 bits per heavy atom. The SMILES string of the molecule is Cc1ccc(C(=O)C(C)N(CCC#N)C2CC2)cc1. The van der Waals surface area contributed by atoms with Crippen LogP contribution >= 0.6 is 0 Å². The third-order valence-corrected chi connectivity index (χ3v) is 3.71. The molecule has 100 valence electrons. The van der Waals surface area contributed by atoms with Gasteiger partial charge in [0.1, 0.15) is 0 Å². The maximum atomic E-state index is 12.5. The number of hydrogen-bond donors (Lipinski definition) is 0. The summed E-state index contributed by atoms with van der Waals surface area (Å²) < 4.78 is 0. The molecular weight excluding hydrogens is 236 g/mol. The van der Waals surface area contributed by atoms with Gasteiger partial charge in [0.2, 0.25) is 0 Å². The van der Waals surface area contributed by atoms with Crippen molar-refractivity contribution in [1.29, 1.82) is 5.26 Å². The summed E-state index contributed by atoms with van der Waals surface area (Å²) in [7, 11) is 0. The van der Waals surface area contributed by atoms with Crippen molar-refractivity contribution in [2.24, 2.45) is 0 Å². The summed E-state index contributed by atoms with van der Waals surface area (Å²) in [6.07, 6.45) is 2.79. The monoisotopic (exact) mass is 256 g/mol. The van der Waals surface area contributed by atoms with Gasteiger partial charge in [-0.2, -0.15) is 5.26 Å². The van der Waals surface area contributed by atoms with E-state index in [1.807, 2.05) is 38.1 Å². The Kier molecular flexibility index (Phi) is 4.34. The van der Waals surface area contributed by atoms with Gasteiger partial charge in [-0.15, -0.1) is 0 Å². The third kappa shape index (κ3) is 3.42. The van der Waals surface area contributed by atoms with E-state index in [1.54, 1.807) is 0 Å². The van der Waals surface area contributed by atoms with Gasteiger partial charge in [-0.05, 0) is 26.7 Å². The van der Waals surface area contributed by atoms with E-state index in [-0.39, 0.29) is 11.8 Å². The predicted molar refractivity (Wildman–Crippen MR) is 74.9 cm³/mol. The van der Waals surface area contributed by atoms with Gasteiger partial charge in [0.05, 0.1) is 12.1 Å². The van der Waals surface area contributed by atoms with Crippen LogP contribution in [0.25, 0.3) is 0 Å². The summed E-state index contributed by atoms with van der Waals surface area (Å²) in [5, 5.41) is 8.72. The predicted octanol–water partition coefficient (Wildman–Crippen LogP) is 2.94. The zero-order chi connectivity index (χ0) is 13.8. The number of benzene rings is 1. The Morgan fingerprint density at radius 3 is 2.58 bits per heavy atom. The van der Waals surface area contributed by atoms with Gasteiger partial charge < -0.3 is 0 Å². The molecule has 0 aliphatic heterocycles. The molecule has 1 fully saturated rings. The van der Waals surface area contributed by atoms with Gasteiger partial charge in [0.15, 0.2) is 5.78 Å². The normalized spacial score (nSPS) is 16.1.